The standard InChI is InChI=1S/C15H23BrN2/c1-2-18(12-15-5-3-4-10-17-15)11-13-6-8-14(16)9-7-13/h6-9,15,17H,2-5,10-12H2,1H3. The van der Waals surface area contributed by atoms with Crippen LogP contribution in [-0.2, 0) is 6.54 Å². The molecule has 1 unspecified atom stereocenters. The third kappa shape index (κ3) is 4.38. The smallest absolute Gasteiger partial charge is 0.0234 e. The molecule has 3 heteroatoms. The molecule has 0 saturated carbocycles. The second-order valence-corrected chi connectivity index (χ2v) is 6.02. The van der Waals surface area contributed by atoms with Crippen LogP contribution < -0.4 is 5.32 Å². The third-order valence-corrected chi connectivity index (χ3v) is 4.19. The maximum Gasteiger partial charge on any atom is 0.0234 e. The average molecular weight is 311 g/mol. The number of halogens is 1. The van der Waals surface area contributed by atoms with Gasteiger partial charge >= 0.3 is 0 Å². The number of likely N-dealkylation sites (N-methyl/N-ethyl adjacent to an activating group) is 1. The lowest BCUT2D eigenvalue weighted by molar-refractivity contribution is 0.226. The van der Waals surface area contributed by atoms with Gasteiger partial charge in [-0.25, -0.2) is 0 Å². The van der Waals surface area contributed by atoms with Crippen LogP contribution in [0.3, 0.4) is 0 Å². The first-order valence-electron chi connectivity index (χ1n) is 6.98. The van der Waals surface area contributed by atoms with Crippen molar-refractivity contribution in [3.8, 4) is 0 Å². The Morgan fingerprint density at radius 3 is 2.67 bits per heavy atom. The molecule has 1 aromatic rings. The van der Waals surface area contributed by atoms with Crippen LogP contribution in [0.4, 0.5) is 0 Å². The predicted octanol–water partition coefficient (Wildman–Crippen LogP) is 3.41. The number of hydrogen-bond donors (Lipinski definition) is 1. The lowest BCUT2D eigenvalue weighted by Crippen LogP contribution is -2.43. The molecule has 0 amide bonds. The van der Waals surface area contributed by atoms with Crippen molar-refractivity contribution < 1.29 is 0 Å². The molecule has 1 aliphatic heterocycles. The Morgan fingerprint density at radius 2 is 2.06 bits per heavy atom. The van der Waals surface area contributed by atoms with Gasteiger partial charge in [0.25, 0.3) is 0 Å². The molecule has 0 bridgehead atoms. The second-order valence-electron chi connectivity index (χ2n) is 5.10. The Morgan fingerprint density at radius 1 is 1.28 bits per heavy atom. The van der Waals surface area contributed by atoms with E-state index < -0.39 is 0 Å². The molecule has 1 atom stereocenters. The van der Waals surface area contributed by atoms with Gasteiger partial charge in [0.15, 0.2) is 0 Å². The van der Waals surface area contributed by atoms with Gasteiger partial charge in [-0.2, -0.15) is 0 Å². The Kier molecular flexibility index (Phi) is 5.67. The summed E-state index contributed by atoms with van der Waals surface area (Å²) in [6.07, 6.45) is 4.06. The van der Waals surface area contributed by atoms with Crippen LogP contribution in [0.2, 0.25) is 0 Å². The largest absolute Gasteiger partial charge is 0.313 e. The molecule has 0 aromatic heterocycles. The maximum atomic E-state index is 3.63. The quantitative estimate of drug-likeness (QED) is 0.896. The monoisotopic (exact) mass is 310 g/mol. The van der Waals surface area contributed by atoms with Crippen molar-refractivity contribution in [2.45, 2.75) is 38.8 Å². The Balaban J connectivity index is 1.86. The number of nitrogens with one attached hydrogen (secondary N) is 1. The first kappa shape index (κ1) is 14.0. The Bertz CT molecular complexity index is 344. The molecule has 2 rings (SSSR count). The van der Waals surface area contributed by atoms with Crippen molar-refractivity contribution in [2.75, 3.05) is 19.6 Å². The fraction of sp³-hybridized carbons (Fsp3) is 0.600. The minimum Gasteiger partial charge on any atom is -0.313 e. The topological polar surface area (TPSA) is 15.3 Å². The summed E-state index contributed by atoms with van der Waals surface area (Å²) in [5.41, 5.74) is 1.40. The fourth-order valence-electron chi connectivity index (χ4n) is 2.54. The molecule has 1 aliphatic rings. The van der Waals surface area contributed by atoms with E-state index in [4.69, 9.17) is 0 Å². The number of benzene rings is 1. The van der Waals surface area contributed by atoms with Crippen molar-refractivity contribution in [3.63, 3.8) is 0 Å². The van der Waals surface area contributed by atoms with Gasteiger partial charge < -0.3 is 5.32 Å². The van der Waals surface area contributed by atoms with Crippen LogP contribution in [0.5, 0.6) is 0 Å². The molecular weight excluding hydrogens is 288 g/mol. The van der Waals surface area contributed by atoms with Crippen LogP contribution in [0.15, 0.2) is 28.7 Å². The summed E-state index contributed by atoms with van der Waals surface area (Å²) in [6.45, 7) is 6.80. The van der Waals surface area contributed by atoms with Crippen LogP contribution >= 0.6 is 15.9 Å². The molecule has 1 fully saturated rings. The van der Waals surface area contributed by atoms with E-state index in [1.165, 1.54) is 37.9 Å². The average Bonchev–Trinajstić information content (AvgIpc) is 2.41. The first-order valence-corrected chi connectivity index (χ1v) is 7.77. The van der Waals surface area contributed by atoms with Crippen LogP contribution in [0.1, 0.15) is 31.7 Å². The Hall–Kier alpha value is -0.380. The lowest BCUT2D eigenvalue weighted by Gasteiger charge is -2.30. The van der Waals surface area contributed by atoms with Crippen LogP contribution in [0, 0.1) is 0 Å². The molecule has 1 saturated heterocycles. The number of rotatable bonds is 5. The molecule has 0 spiro atoms. The molecule has 100 valence electrons. The van der Waals surface area contributed by atoms with Gasteiger partial charge in [-0.05, 0) is 43.6 Å². The van der Waals surface area contributed by atoms with E-state index in [2.05, 4.69) is 57.3 Å². The lowest BCUT2D eigenvalue weighted by atomic mass is 10.0. The van der Waals surface area contributed by atoms with Crippen LogP contribution in [0.25, 0.3) is 0 Å². The Labute approximate surface area is 119 Å². The molecule has 1 heterocycles. The highest BCUT2D eigenvalue weighted by Crippen LogP contribution is 2.14. The summed E-state index contributed by atoms with van der Waals surface area (Å²) < 4.78 is 1.16. The summed E-state index contributed by atoms with van der Waals surface area (Å²) in [5.74, 6) is 0. The van der Waals surface area contributed by atoms with E-state index in [1.54, 1.807) is 0 Å². The van der Waals surface area contributed by atoms with E-state index in [-0.39, 0.29) is 0 Å². The van der Waals surface area contributed by atoms with Crippen molar-refractivity contribution in [1.29, 1.82) is 0 Å². The first-order chi connectivity index (χ1) is 8.78. The van der Waals surface area contributed by atoms with Crippen molar-refractivity contribution in [1.82, 2.24) is 10.2 Å². The zero-order valence-corrected chi connectivity index (χ0v) is 12.7. The number of nitrogens with zero attached hydrogens (tertiary/aromatic N) is 1. The normalized spacial score (nSPS) is 20.3. The summed E-state index contributed by atoms with van der Waals surface area (Å²) in [6, 6.07) is 9.36. The van der Waals surface area contributed by atoms with E-state index in [9.17, 15) is 0 Å². The minimum absolute atomic E-state index is 0.689. The van der Waals surface area contributed by atoms with Crippen LogP contribution in [-0.4, -0.2) is 30.6 Å². The van der Waals surface area contributed by atoms with Gasteiger partial charge in [0.2, 0.25) is 0 Å². The van der Waals surface area contributed by atoms with Crippen molar-refractivity contribution in [2.24, 2.45) is 0 Å². The highest BCUT2D eigenvalue weighted by molar-refractivity contribution is 9.10. The summed E-state index contributed by atoms with van der Waals surface area (Å²) in [4.78, 5) is 2.53. The van der Waals surface area contributed by atoms with E-state index >= 15 is 0 Å². The van der Waals surface area contributed by atoms with Gasteiger partial charge in [-0.3, -0.25) is 4.90 Å². The second kappa shape index (κ2) is 7.27. The molecule has 0 radical (unpaired) electrons. The summed E-state index contributed by atoms with van der Waals surface area (Å²) in [7, 11) is 0. The number of hydrogen-bond acceptors (Lipinski definition) is 2. The maximum absolute atomic E-state index is 3.63. The van der Waals surface area contributed by atoms with Gasteiger partial charge in [-0.1, -0.05) is 41.4 Å². The molecule has 0 aliphatic carbocycles. The van der Waals surface area contributed by atoms with Gasteiger partial charge in [0, 0.05) is 23.6 Å². The van der Waals surface area contributed by atoms with Gasteiger partial charge in [0.1, 0.15) is 0 Å². The van der Waals surface area contributed by atoms with E-state index in [1.807, 2.05) is 0 Å². The summed E-state index contributed by atoms with van der Waals surface area (Å²) in [5, 5.41) is 3.63. The molecular formula is C15H23BrN2. The van der Waals surface area contributed by atoms with Crippen molar-refractivity contribution >= 4 is 15.9 Å². The van der Waals surface area contributed by atoms with Gasteiger partial charge in [0.05, 0.1) is 0 Å². The SMILES string of the molecule is CCN(Cc1ccc(Br)cc1)CC1CCCCN1. The molecule has 1 N–H and O–H groups in total. The highest BCUT2D eigenvalue weighted by atomic mass is 79.9. The van der Waals surface area contributed by atoms with Crippen molar-refractivity contribution in [3.05, 3.63) is 34.3 Å². The van der Waals surface area contributed by atoms with E-state index in [0.717, 1.165) is 17.6 Å². The fourth-order valence-corrected chi connectivity index (χ4v) is 2.81. The third-order valence-electron chi connectivity index (χ3n) is 3.66. The zero-order chi connectivity index (χ0) is 12.8. The molecule has 1 aromatic carbocycles. The summed E-state index contributed by atoms with van der Waals surface area (Å²) >= 11 is 3.48. The minimum atomic E-state index is 0.689. The zero-order valence-electron chi connectivity index (χ0n) is 11.2. The predicted molar refractivity (Wildman–Crippen MR) is 80.7 cm³/mol. The van der Waals surface area contributed by atoms with E-state index in [0.29, 0.717) is 6.04 Å². The molecule has 2 nitrogen and oxygen atoms in total. The molecule has 18 heavy (non-hydrogen) atoms. The highest BCUT2D eigenvalue weighted by Gasteiger charge is 2.15. The number of piperidine rings is 1. The van der Waals surface area contributed by atoms with Gasteiger partial charge in [-0.15, -0.1) is 0 Å².